The zero-order valence-electron chi connectivity index (χ0n) is 19.9. The SMILES string of the molecule is COP(=O)(OC)C(c1cc2ccc(C)cc2[nH]c1=O)N(Cc1ccccc1)Cc1ccc(F)cc1. The molecule has 0 aliphatic heterocycles. The lowest BCUT2D eigenvalue weighted by molar-refractivity contribution is 0.175. The number of benzene rings is 3. The molecule has 0 saturated carbocycles. The molecule has 35 heavy (non-hydrogen) atoms. The van der Waals surface area contributed by atoms with Crippen molar-refractivity contribution in [2.24, 2.45) is 0 Å². The fourth-order valence-corrected chi connectivity index (χ4v) is 5.88. The number of nitrogens with one attached hydrogen (secondary N) is 1. The van der Waals surface area contributed by atoms with Gasteiger partial charge < -0.3 is 14.0 Å². The van der Waals surface area contributed by atoms with Crippen molar-refractivity contribution in [1.29, 1.82) is 0 Å². The molecule has 1 unspecified atom stereocenters. The zero-order chi connectivity index (χ0) is 25.0. The molecule has 1 N–H and O–H groups in total. The lowest BCUT2D eigenvalue weighted by Crippen LogP contribution is -2.32. The number of H-pyrrole nitrogens is 1. The molecule has 0 fully saturated rings. The quantitative estimate of drug-likeness (QED) is 0.282. The summed E-state index contributed by atoms with van der Waals surface area (Å²) in [6.45, 7) is 2.58. The molecule has 4 aromatic rings. The van der Waals surface area contributed by atoms with Crippen molar-refractivity contribution < 1.29 is 18.0 Å². The Morgan fingerprint density at radius 2 is 1.54 bits per heavy atom. The molecule has 1 atom stereocenters. The Morgan fingerprint density at radius 1 is 0.914 bits per heavy atom. The highest BCUT2D eigenvalue weighted by Gasteiger charge is 2.42. The molecule has 1 aromatic heterocycles. The molecule has 0 amide bonds. The van der Waals surface area contributed by atoms with E-state index in [1.807, 2.05) is 60.4 Å². The molecule has 0 spiro atoms. The Bertz CT molecular complexity index is 1400. The summed E-state index contributed by atoms with van der Waals surface area (Å²) in [6, 6.07) is 23.2. The maximum absolute atomic E-state index is 14.0. The maximum atomic E-state index is 14.0. The molecule has 3 aromatic carbocycles. The summed E-state index contributed by atoms with van der Waals surface area (Å²) in [5.41, 5.74) is 3.34. The zero-order valence-corrected chi connectivity index (χ0v) is 20.8. The second kappa shape index (κ2) is 10.7. The smallest absolute Gasteiger partial charge is 0.322 e. The second-order valence-electron chi connectivity index (χ2n) is 8.44. The Balaban J connectivity index is 1.89. The number of aryl methyl sites for hydroxylation is 1. The monoisotopic (exact) mass is 494 g/mol. The first-order valence-electron chi connectivity index (χ1n) is 11.2. The molecule has 1 heterocycles. The van der Waals surface area contributed by atoms with Crippen LogP contribution in [0.3, 0.4) is 0 Å². The van der Waals surface area contributed by atoms with Gasteiger partial charge in [-0.05, 0) is 53.3 Å². The fraction of sp³-hybridized carbons (Fsp3) is 0.222. The molecule has 0 aliphatic rings. The number of nitrogens with zero attached hydrogens (tertiary/aromatic N) is 1. The van der Waals surface area contributed by atoms with Crippen LogP contribution in [0.1, 0.15) is 28.0 Å². The van der Waals surface area contributed by atoms with Crippen molar-refractivity contribution in [3.8, 4) is 0 Å². The predicted octanol–water partition coefficient (Wildman–Crippen LogP) is 6.16. The molecular weight excluding hydrogens is 466 g/mol. The topological polar surface area (TPSA) is 71.6 Å². The van der Waals surface area contributed by atoms with Gasteiger partial charge in [-0.3, -0.25) is 14.3 Å². The normalized spacial score (nSPS) is 12.8. The summed E-state index contributed by atoms with van der Waals surface area (Å²) in [5, 5.41) is 0.801. The van der Waals surface area contributed by atoms with E-state index in [1.54, 1.807) is 18.2 Å². The third kappa shape index (κ3) is 5.60. The van der Waals surface area contributed by atoms with Gasteiger partial charge in [-0.25, -0.2) is 4.39 Å². The highest BCUT2D eigenvalue weighted by molar-refractivity contribution is 7.54. The summed E-state index contributed by atoms with van der Waals surface area (Å²) in [5.74, 6) is -1.36. The standard InChI is InChI=1S/C27H28FN2O4P/c1-19-9-12-22-16-24(26(31)29-25(22)15-19)27(35(32,33-2)34-3)30(17-20-7-5-4-6-8-20)18-21-10-13-23(28)14-11-21/h4-16,27H,17-18H2,1-3H3,(H,29,31). The average molecular weight is 495 g/mol. The molecule has 6 nitrogen and oxygen atoms in total. The van der Waals surface area contributed by atoms with Crippen molar-refractivity contribution >= 4 is 18.5 Å². The number of halogens is 1. The van der Waals surface area contributed by atoms with Crippen molar-refractivity contribution in [2.75, 3.05) is 14.2 Å². The van der Waals surface area contributed by atoms with Crippen LogP contribution in [0.4, 0.5) is 4.39 Å². The van der Waals surface area contributed by atoms with Crippen LogP contribution in [0.2, 0.25) is 0 Å². The minimum absolute atomic E-state index is 0.270. The van der Waals surface area contributed by atoms with Crippen LogP contribution < -0.4 is 5.56 Å². The van der Waals surface area contributed by atoms with E-state index in [2.05, 4.69) is 4.98 Å². The minimum atomic E-state index is -3.84. The van der Waals surface area contributed by atoms with E-state index in [0.29, 0.717) is 12.1 Å². The van der Waals surface area contributed by atoms with Gasteiger partial charge in [0.2, 0.25) is 0 Å². The Kier molecular flexibility index (Phi) is 7.63. The van der Waals surface area contributed by atoms with E-state index in [9.17, 15) is 13.8 Å². The highest BCUT2D eigenvalue weighted by atomic mass is 31.2. The van der Waals surface area contributed by atoms with E-state index in [0.717, 1.165) is 22.1 Å². The molecule has 4 rings (SSSR count). The van der Waals surface area contributed by atoms with Crippen LogP contribution in [0.15, 0.2) is 83.7 Å². The maximum Gasteiger partial charge on any atom is 0.351 e. The van der Waals surface area contributed by atoms with Crippen LogP contribution in [-0.4, -0.2) is 24.1 Å². The first kappa shape index (κ1) is 25.0. The number of hydrogen-bond acceptors (Lipinski definition) is 5. The van der Waals surface area contributed by atoms with Gasteiger partial charge in [0.25, 0.3) is 5.56 Å². The molecule has 0 aliphatic carbocycles. The van der Waals surface area contributed by atoms with Gasteiger partial charge >= 0.3 is 7.60 Å². The fourth-order valence-electron chi connectivity index (χ4n) is 4.24. The van der Waals surface area contributed by atoms with Crippen molar-refractivity contribution in [2.45, 2.75) is 25.8 Å². The van der Waals surface area contributed by atoms with Gasteiger partial charge in [0, 0.05) is 38.4 Å². The van der Waals surface area contributed by atoms with Crippen LogP contribution in [0.25, 0.3) is 10.9 Å². The van der Waals surface area contributed by atoms with Crippen molar-refractivity contribution in [1.82, 2.24) is 9.88 Å². The second-order valence-corrected chi connectivity index (χ2v) is 10.7. The lowest BCUT2D eigenvalue weighted by atomic mass is 10.1. The number of rotatable bonds is 9. The van der Waals surface area contributed by atoms with Gasteiger partial charge in [-0.1, -0.05) is 54.6 Å². The van der Waals surface area contributed by atoms with E-state index < -0.39 is 13.4 Å². The number of aromatic nitrogens is 1. The van der Waals surface area contributed by atoms with Crippen LogP contribution in [0, 0.1) is 12.7 Å². The summed E-state index contributed by atoms with van der Waals surface area (Å²) in [6.07, 6.45) is 0. The average Bonchev–Trinajstić information content (AvgIpc) is 2.86. The third-order valence-electron chi connectivity index (χ3n) is 5.99. The van der Waals surface area contributed by atoms with E-state index in [4.69, 9.17) is 9.05 Å². The highest BCUT2D eigenvalue weighted by Crippen LogP contribution is 2.61. The lowest BCUT2D eigenvalue weighted by Gasteiger charge is -2.35. The molecule has 0 saturated heterocycles. The van der Waals surface area contributed by atoms with E-state index in [1.165, 1.54) is 26.4 Å². The van der Waals surface area contributed by atoms with Gasteiger partial charge in [0.1, 0.15) is 11.6 Å². The Morgan fingerprint density at radius 3 is 2.17 bits per heavy atom. The van der Waals surface area contributed by atoms with E-state index >= 15 is 0 Å². The van der Waals surface area contributed by atoms with Crippen molar-refractivity contribution in [3.05, 3.63) is 117 Å². The number of pyridine rings is 1. The molecule has 0 radical (unpaired) electrons. The van der Waals surface area contributed by atoms with Gasteiger partial charge in [0.15, 0.2) is 0 Å². The van der Waals surface area contributed by atoms with Crippen molar-refractivity contribution in [3.63, 3.8) is 0 Å². The van der Waals surface area contributed by atoms with Gasteiger partial charge in [-0.2, -0.15) is 0 Å². The number of hydrogen-bond donors (Lipinski definition) is 1. The summed E-state index contributed by atoms with van der Waals surface area (Å²) in [7, 11) is -1.21. The summed E-state index contributed by atoms with van der Waals surface area (Å²) < 4.78 is 38.4. The predicted molar refractivity (Wildman–Crippen MR) is 136 cm³/mol. The van der Waals surface area contributed by atoms with Crippen LogP contribution >= 0.6 is 7.60 Å². The van der Waals surface area contributed by atoms with E-state index in [-0.39, 0.29) is 23.5 Å². The number of fused-ring (bicyclic) bond motifs is 1. The largest absolute Gasteiger partial charge is 0.351 e. The van der Waals surface area contributed by atoms with Crippen LogP contribution in [-0.2, 0) is 26.7 Å². The van der Waals surface area contributed by atoms with Gasteiger partial charge in [-0.15, -0.1) is 0 Å². The molecular formula is C27H28FN2O4P. The third-order valence-corrected chi connectivity index (χ3v) is 8.21. The van der Waals surface area contributed by atoms with Crippen LogP contribution in [0.5, 0.6) is 0 Å². The first-order chi connectivity index (χ1) is 16.8. The Labute approximate surface area is 203 Å². The minimum Gasteiger partial charge on any atom is -0.322 e. The number of aromatic amines is 1. The summed E-state index contributed by atoms with van der Waals surface area (Å²) in [4.78, 5) is 18.2. The Hall–Kier alpha value is -3.09. The molecule has 182 valence electrons. The first-order valence-corrected chi connectivity index (χ1v) is 12.8. The van der Waals surface area contributed by atoms with Gasteiger partial charge in [0.05, 0.1) is 0 Å². The molecule has 0 bridgehead atoms. The molecule has 8 heteroatoms. The summed E-state index contributed by atoms with van der Waals surface area (Å²) >= 11 is 0.